The summed E-state index contributed by atoms with van der Waals surface area (Å²) in [5, 5.41) is 23.1. The quantitative estimate of drug-likeness (QED) is 0.350. The van der Waals surface area contributed by atoms with Gasteiger partial charge in [-0.05, 0) is 30.3 Å². The number of rotatable bonds is 4. The fraction of sp³-hybridized carbons (Fsp3) is 0.0588. The van der Waals surface area contributed by atoms with Gasteiger partial charge in [0, 0.05) is 27.0 Å². The van der Waals surface area contributed by atoms with E-state index in [0.717, 1.165) is 15.4 Å². The number of hydrogen-bond donors (Lipinski definition) is 3. The molecule has 3 N–H and O–H groups in total. The number of ether oxygens (including phenoxy) is 1. The third kappa shape index (κ3) is 3.04. The van der Waals surface area contributed by atoms with Crippen LogP contribution in [0, 0.1) is 0 Å². The minimum atomic E-state index is 0.0607. The third-order valence-electron chi connectivity index (χ3n) is 3.78. The molecule has 26 heavy (non-hydrogen) atoms. The molecule has 0 radical (unpaired) electrons. The number of nitrogens with zero attached hydrogens (tertiary/aromatic N) is 4. The van der Waals surface area contributed by atoms with Crippen molar-refractivity contribution in [3.63, 3.8) is 0 Å². The topological polar surface area (TPSA) is 108 Å². The van der Waals surface area contributed by atoms with Crippen molar-refractivity contribution in [3.05, 3.63) is 46.4 Å². The Balaban J connectivity index is 1.58. The largest absolute Gasteiger partial charge is 0.507 e. The molecule has 9 heteroatoms. The van der Waals surface area contributed by atoms with Crippen molar-refractivity contribution >= 4 is 50.2 Å². The molecule has 0 atom stereocenters. The Hall–Kier alpha value is -3.20. The number of fused-ring (bicyclic) bond motifs is 3. The van der Waals surface area contributed by atoms with E-state index in [9.17, 15) is 5.11 Å². The maximum absolute atomic E-state index is 9.91. The Bertz CT molecular complexity index is 1140. The Morgan fingerprint density at radius 2 is 2.12 bits per heavy atom. The Morgan fingerprint density at radius 3 is 2.92 bits per heavy atom. The van der Waals surface area contributed by atoms with Gasteiger partial charge in [0.05, 0.1) is 13.3 Å². The summed E-state index contributed by atoms with van der Waals surface area (Å²) in [6, 6.07) is 10.8. The predicted molar refractivity (Wildman–Crippen MR) is 103 cm³/mol. The first-order valence-corrected chi connectivity index (χ1v) is 8.41. The number of hydrogen-bond acceptors (Lipinski definition) is 7. The molecule has 0 aliphatic carbocycles. The van der Waals surface area contributed by atoms with Crippen LogP contribution in [0.1, 0.15) is 5.56 Å². The van der Waals surface area contributed by atoms with Crippen LogP contribution in [0.4, 0.5) is 5.95 Å². The number of H-pyrrole nitrogens is 1. The molecule has 0 spiro atoms. The van der Waals surface area contributed by atoms with Crippen molar-refractivity contribution in [1.82, 2.24) is 20.2 Å². The van der Waals surface area contributed by atoms with E-state index < -0.39 is 0 Å². The molecule has 0 saturated carbocycles. The molecule has 8 nitrogen and oxygen atoms in total. The molecule has 2 heterocycles. The molecule has 0 unspecified atom stereocenters. The summed E-state index contributed by atoms with van der Waals surface area (Å²) in [6.45, 7) is 0. The van der Waals surface area contributed by atoms with Gasteiger partial charge in [-0.3, -0.25) is 0 Å². The lowest BCUT2D eigenvalue weighted by molar-refractivity contribution is 0.407. The van der Waals surface area contributed by atoms with Crippen molar-refractivity contribution in [2.24, 2.45) is 5.10 Å². The maximum Gasteiger partial charge on any atom is 0.265 e. The van der Waals surface area contributed by atoms with Gasteiger partial charge in [-0.1, -0.05) is 15.9 Å². The minimum Gasteiger partial charge on any atom is -0.507 e. The lowest BCUT2D eigenvalue weighted by Crippen LogP contribution is -1.99. The number of halogens is 1. The predicted octanol–water partition coefficient (Wildman–Crippen LogP) is 3.43. The fourth-order valence-electron chi connectivity index (χ4n) is 2.51. The van der Waals surface area contributed by atoms with Crippen molar-refractivity contribution in [2.75, 3.05) is 12.5 Å². The van der Waals surface area contributed by atoms with Crippen LogP contribution in [-0.4, -0.2) is 38.6 Å². The number of anilines is 1. The molecule has 130 valence electrons. The summed E-state index contributed by atoms with van der Waals surface area (Å²) in [5.74, 6) is 0.869. The van der Waals surface area contributed by atoms with Gasteiger partial charge in [0.1, 0.15) is 17.0 Å². The first-order valence-electron chi connectivity index (χ1n) is 7.62. The summed E-state index contributed by atoms with van der Waals surface area (Å²) in [7, 11) is 1.54. The molecular weight excluding hydrogens is 400 g/mol. The van der Waals surface area contributed by atoms with Crippen LogP contribution >= 0.6 is 15.9 Å². The molecule has 4 aromatic rings. The summed E-state index contributed by atoms with van der Waals surface area (Å²) >= 11 is 3.45. The monoisotopic (exact) mass is 412 g/mol. The molecular formula is C17H13BrN6O2. The standard InChI is InChI=1S/C17H13BrN6O2/c1-26-11-4-2-9(14(25)7-11)8-19-23-17-21-16-15(22-24-17)12-6-10(18)3-5-13(12)20-16/h2-8,25H,1H3,(H2,20,21,23,24). The molecule has 2 aromatic carbocycles. The fourth-order valence-corrected chi connectivity index (χ4v) is 2.87. The van der Waals surface area contributed by atoms with Crippen molar-refractivity contribution in [1.29, 1.82) is 0 Å². The zero-order valence-electron chi connectivity index (χ0n) is 13.6. The average molecular weight is 413 g/mol. The maximum atomic E-state index is 9.91. The Labute approximate surface area is 156 Å². The van der Waals surface area contributed by atoms with Crippen LogP contribution in [0.15, 0.2) is 46.0 Å². The Morgan fingerprint density at radius 1 is 1.23 bits per heavy atom. The summed E-state index contributed by atoms with van der Waals surface area (Å²) < 4.78 is 6.00. The normalized spacial score (nSPS) is 11.5. The number of aromatic nitrogens is 4. The van der Waals surface area contributed by atoms with Gasteiger partial charge >= 0.3 is 0 Å². The summed E-state index contributed by atoms with van der Waals surface area (Å²) in [4.78, 5) is 7.57. The van der Waals surface area contributed by atoms with E-state index in [-0.39, 0.29) is 11.7 Å². The lowest BCUT2D eigenvalue weighted by Gasteiger charge is -2.02. The number of aromatic amines is 1. The van der Waals surface area contributed by atoms with E-state index in [1.54, 1.807) is 12.1 Å². The number of phenols is 1. The molecule has 4 rings (SSSR count). The molecule has 0 amide bonds. The molecule has 0 fully saturated rings. The zero-order valence-corrected chi connectivity index (χ0v) is 15.1. The third-order valence-corrected chi connectivity index (χ3v) is 4.28. The van der Waals surface area contributed by atoms with Crippen LogP contribution < -0.4 is 10.2 Å². The minimum absolute atomic E-state index is 0.0607. The van der Waals surface area contributed by atoms with E-state index in [1.165, 1.54) is 19.4 Å². The van der Waals surface area contributed by atoms with Crippen molar-refractivity contribution in [3.8, 4) is 11.5 Å². The van der Waals surface area contributed by atoms with Gasteiger partial charge in [-0.25, -0.2) is 5.43 Å². The average Bonchev–Trinajstić information content (AvgIpc) is 3.00. The van der Waals surface area contributed by atoms with Gasteiger partial charge in [0.15, 0.2) is 5.65 Å². The summed E-state index contributed by atoms with van der Waals surface area (Å²) in [5.41, 5.74) is 5.46. The van der Waals surface area contributed by atoms with E-state index in [4.69, 9.17) is 4.74 Å². The lowest BCUT2D eigenvalue weighted by atomic mass is 10.2. The second kappa shape index (κ2) is 6.60. The number of phenolic OH excluding ortho intramolecular Hbond substituents is 1. The zero-order chi connectivity index (χ0) is 18.1. The van der Waals surface area contributed by atoms with E-state index in [2.05, 4.69) is 46.6 Å². The summed E-state index contributed by atoms with van der Waals surface area (Å²) in [6.07, 6.45) is 1.46. The molecule has 0 aliphatic rings. The molecule has 0 saturated heterocycles. The first kappa shape index (κ1) is 16.3. The second-order valence-electron chi connectivity index (χ2n) is 5.44. The molecule has 2 aromatic heterocycles. The van der Waals surface area contributed by atoms with Gasteiger partial charge in [-0.15, -0.1) is 10.2 Å². The highest BCUT2D eigenvalue weighted by Gasteiger charge is 2.09. The van der Waals surface area contributed by atoms with Crippen LogP contribution in [0.2, 0.25) is 0 Å². The van der Waals surface area contributed by atoms with E-state index in [0.29, 0.717) is 22.5 Å². The first-order chi connectivity index (χ1) is 12.6. The highest BCUT2D eigenvalue weighted by atomic mass is 79.9. The van der Waals surface area contributed by atoms with Crippen molar-refractivity contribution in [2.45, 2.75) is 0 Å². The number of hydrazone groups is 1. The number of methoxy groups -OCH3 is 1. The smallest absolute Gasteiger partial charge is 0.265 e. The number of aromatic hydroxyl groups is 1. The van der Waals surface area contributed by atoms with Crippen LogP contribution in [0.25, 0.3) is 22.1 Å². The number of benzene rings is 2. The highest BCUT2D eigenvalue weighted by Crippen LogP contribution is 2.25. The van der Waals surface area contributed by atoms with Gasteiger partial charge in [0.25, 0.3) is 5.95 Å². The molecule has 0 bridgehead atoms. The van der Waals surface area contributed by atoms with Crippen molar-refractivity contribution < 1.29 is 9.84 Å². The van der Waals surface area contributed by atoms with Crippen LogP contribution in [0.3, 0.4) is 0 Å². The van der Waals surface area contributed by atoms with Gasteiger partial charge in [0.2, 0.25) is 0 Å². The number of nitrogens with one attached hydrogen (secondary N) is 2. The molecule has 0 aliphatic heterocycles. The Kier molecular flexibility index (Phi) is 4.13. The second-order valence-corrected chi connectivity index (χ2v) is 6.36. The van der Waals surface area contributed by atoms with Gasteiger partial charge < -0.3 is 14.8 Å². The van der Waals surface area contributed by atoms with E-state index in [1.807, 2.05) is 18.2 Å². The van der Waals surface area contributed by atoms with E-state index >= 15 is 0 Å². The van der Waals surface area contributed by atoms with Gasteiger partial charge in [-0.2, -0.15) is 10.1 Å². The van der Waals surface area contributed by atoms with Crippen LogP contribution in [-0.2, 0) is 0 Å². The highest BCUT2D eigenvalue weighted by molar-refractivity contribution is 9.10. The van der Waals surface area contributed by atoms with Crippen LogP contribution in [0.5, 0.6) is 11.5 Å². The SMILES string of the molecule is COc1ccc(C=NNc2nnc3c(n2)[nH]c2ccc(Br)cc23)c(O)c1.